The molecule has 1 amide bonds. The number of halogens is 1. The predicted molar refractivity (Wildman–Crippen MR) is 117 cm³/mol. The molecule has 0 spiro atoms. The summed E-state index contributed by atoms with van der Waals surface area (Å²) in [6.45, 7) is 3.19. The number of rotatable bonds is 6. The summed E-state index contributed by atoms with van der Waals surface area (Å²) in [6.07, 6.45) is 0.346. The van der Waals surface area contributed by atoms with Gasteiger partial charge in [-0.05, 0) is 29.8 Å². The number of carbonyl (C=O) groups excluding carboxylic acids is 1. The van der Waals surface area contributed by atoms with Crippen molar-refractivity contribution in [3.63, 3.8) is 0 Å². The Kier molecular flexibility index (Phi) is 6.46. The van der Waals surface area contributed by atoms with E-state index in [0.717, 1.165) is 47.5 Å². The van der Waals surface area contributed by atoms with Crippen LogP contribution in [-0.2, 0) is 17.0 Å². The minimum Gasteiger partial charge on any atom is -0.368 e. The Morgan fingerprint density at radius 3 is 2.48 bits per heavy atom. The molecule has 0 bridgehead atoms. The third-order valence-electron chi connectivity index (χ3n) is 4.89. The molecule has 2 heterocycles. The molecule has 0 unspecified atom stereocenters. The number of carbonyl (C=O) groups is 1. The zero-order valence-electron chi connectivity index (χ0n) is 16.0. The third kappa shape index (κ3) is 5.36. The summed E-state index contributed by atoms with van der Waals surface area (Å²) in [4.78, 5) is 21.5. The van der Waals surface area contributed by atoms with Gasteiger partial charge < -0.3 is 9.80 Å². The zero-order chi connectivity index (χ0) is 20.1. The van der Waals surface area contributed by atoms with Gasteiger partial charge in [-0.15, -0.1) is 11.3 Å². The lowest BCUT2D eigenvalue weighted by atomic mass is 10.2. The Balaban J connectivity index is 1.25. The molecule has 3 aromatic rings. The average Bonchev–Trinajstić information content (AvgIpc) is 3.21. The molecule has 1 aliphatic rings. The van der Waals surface area contributed by atoms with Crippen molar-refractivity contribution >= 4 is 34.7 Å². The van der Waals surface area contributed by atoms with Crippen molar-refractivity contribution in [2.45, 2.75) is 16.5 Å². The number of benzene rings is 2. The molecule has 1 saturated heterocycles. The van der Waals surface area contributed by atoms with Gasteiger partial charge in [0.05, 0.1) is 12.1 Å². The van der Waals surface area contributed by atoms with Gasteiger partial charge in [0.15, 0.2) is 0 Å². The van der Waals surface area contributed by atoms with Gasteiger partial charge in [-0.25, -0.2) is 9.37 Å². The average molecular weight is 428 g/mol. The monoisotopic (exact) mass is 427 g/mol. The van der Waals surface area contributed by atoms with Crippen molar-refractivity contribution in [2.24, 2.45) is 0 Å². The Bertz CT molecular complexity index is 938. The van der Waals surface area contributed by atoms with E-state index in [1.807, 2.05) is 28.5 Å². The number of thiazole rings is 1. The van der Waals surface area contributed by atoms with E-state index in [2.05, 4.69) is 22.0 Å². The quantitative estimate of drug-likeness (QED) is 0.544. The SMILES string of the molecule is O=C(Cc1csc(SCc2ccc(F)cc2)n1)N1CCN(c2ccccc2)CC1. The largest absolute Gasteiger partial charge is 0.368 e. The molecule has 4 rings (SSSR count). The van der Waals surface area contributed by atoms with Gasteiger partial charge >= 0.3 is 0 Å². The number of piperazine rings is 1. The van der Waals surface area contributed by atoms with Crippen molar-refractivity contribution in [1.29, 1.82) is 0 Å². The van der Waals surface area contributed by atoms with Gasteiger partial charge in [0.2, 0.25) is 5.91 Å². The zero-order valence-corrected chi connectivity index (χ0v) is 17.6. The lowest BCUT2D eigenvalue weighted by Crippen LogP contribution is -2.49. The molecule has 2 aromatic carbocycles. The summed E-state index contributed by atoms with van der Waals surface area (Å²) in [5.41, 5.74) is 3.09. The summed E-state index contributed by atoms with van der Waals surface area (Å²) in [5.74, 6) is 0.652. The van der Waals surface area contributed by atoms with E-state index in [1.165, 1.54) is 17.8 Å². The maximum absolute atomic E-state index is 13.0. The highest BCUT2D eigenvalue weighted by Gasteiger charge is 2.22. The highest BCUT2D eigenvalue weighted by Crippen LogP contribution is 2.26. The molecule has 1 fully saturated rings. The van der Waals surface area contributed by atoms with Gasteiger partial charge in [0.25, 0.3) is 0 Å². The van der Waals surface area contributed by atoms with Crippen LogP contribution in [0.15, 0.2) is 64.3 Å². The van der Waals surface area contributed by atoms with Crippen molar-refractivity contribution in [1.82, 2.24) is 9.88 Å². The normalized spacial score (nSPS) is 14.2. The van der Waals surface area contributed by atoms with Gasteiger partial charge in [0, 0.05) is 43.0 Å². The summed E-state index contributed by atoms with van der Waals surface area (Å²) < 4.78 is 13.9. The van der Waals surface area contributed by atoms with Crippen molar-refractivity contribution < 1.29 is 9.18 Å². The Morgan fingerprint density at radius 1 is 1.03 bits per heavy atom. The number of para-hydroxylation sites is 1. The Hall–Kier alpha value is -2.38. The topological polar surface area (TPSA) is 36.4 Å². The molecule has 0 saturated carbocycles. The van der Waals surface area contributed by atoms with E-state index in [1.54, 1.807) is 35.2 Å². The fraction of sp³-hybridized carbons (Fsp3) is 0.273. The molecule has 0 aliphatic carbocycles. The molecule has 0 radical (unpaired) electrons. The van der Waals surface area contributed by atoms with Crippen LogP contribution in [0.4, 0.5) is 10.1 Å². The molecule has 150 valence electrons. The second-order valence-electron chi connectivity index (χ2n) is 6.90. The number of anilines is 1. The highest BCUT2D eigenvalue weighted by atomic mass is 32.2. The van der Waals surface area contributed by atoms with Crippen LogP contribution in [0, 0.1) is 5.82 Å². The molecular weight excluding hydrogens is 405 g/mol. The number of hydrogen-bond donors (Lipinski definition) is 0. The minimum absolute atomic E-state index is 0.137. The third-order valence-corrected chi connectivity index (χ3v) is 7.03. The maximum atomic E-state index is 13.0. The number of amides is 1. The van der Waals surface area contributed by atoms with Gasteiger partial charge in [-0.2, -0.15) is 0 Å². The lowest BCUT2D eigenvalue weighted by Gasteiger charge is -2.36. The first-order chi connectivity index (χ1) is 14.2. The predicted octanol–water partition coefficient (Wildman–Crippen LogP) is 4.47. The highest BCUT2D eigenvalue weighted by molar-refractivity contribution is 8.00. The molecule has 1 aromatic heterocycles. The molecule has 7 heteroatoms. The second-order valence-corrected chi connectivity index (χ2v) is 8.98. The van der Waals surface area contributed by atoms with Crippen molar-refractivity contribution in [2.75, 3.05) is 31.1 Å². The van der Waals surface area contributed by atoms with Crippen LogP contribution in [0.5, 0.6) is 0 Å². The van der Waals surface area contributed by atoms with Crippen molar-refractivity contribution in [3.05, 3.63) is 77.1 Å². The molecule has 0 N–H and O–H groups in total. The maximum Gasteiger partial charge on any atom is 0.228 e. The van der Waals surface area contributed by atoms with Crippen LogP contribution in [0.25, 0.3) is 0 Å². The summed E-state index contributed by atoms with van der Waals surface area (Å²) in [6, 6.07) is 16.8. The van der Waals surface area contributed by atoms with E-state index in [0.29, 0.717) is 6.42 Å². The van der Waals surface area contributed by atoms with Crippen LogP contribution in [0.2, 0.25) is 0 Å². The first kappa shape index (κ1) is 19.9. The fourth-order valence-electron chi connectivity index (χ4n) is 3.28. The number of thioether (sulfide) groups is 1. The minimum atomic E-state index is -0.224. The van der Waals surface area contributed by atoms with E-state index in [4.69, 9.17) is 0 Å². The summed E-state index contributed by atoms with van der Waals surface area (Å²) in [7, 11) is 0. The lowest BCUT2D eigenvalue weighted by molar-refractivity contribution is -0.130. The fourth-order valence-corrected chi connectivity index (χ4v) is 5.08. The number of aromatic nitrogens is 1. The van der Waals surface area contributed by atoms with Crippen LogP contribution in [-0.4, -0.2) is 42.0 Å². The van der Waals surface area contributed by atoms with Crippen LogP contribution in [0.1, 0.15) is 11.3 Å². The van der Waals surface area contributed by atoms with Crippen LogP contribution >= 0.6 is 23.1 Å². The molecular formula is C22H22FN3OS2. The molecule has 4 nitrogen and oxygen atoms in total. The van der Waals surface area contributed by atoms with E-state index in [9.17, 15) is 9.18 Å². The molecule has 29 heavy (non-hydrogen) atoms. The van der Waals surface area contributed by atoms with Crippen molar-refractivity contribution in [3.8, 4) is 0 Å². The summed E-state index contributed by atoms with van der Waals surface area (Å²) >= 11 is 3.17. The Labute approximate surface area is 178 Å². The first-order valence-electron chi connectivity index (χ1n) is 9.57. The molecule has 1 aliphatic heterocycles. The van der Waals surface area contributed by atoms with E-state index < -0.39 is 0 Å². The van der Waals surface area contributed by atoms with Gasteiger partial charge in [0.1, 0.15) is 10.2 Å². The van der Waals surface area contributed by atoms with Gasteiger partial charge in [-0.3, -0.25) is 4.79 Å². The standard InChI is InChI=1S/C22H22FN3OS2/c23-18-8-6-17(7-9-18)15-28-22-24-19(16-29-22)14-21(27)26-12-10-25(11-13-26)20-4-2-1-3-5-20/h1-9,16H,10-15H2. The van der Waals surface area contributed by atoms with Crippen LogP contribution in [0.3, 0.4) is 0 Å². The Morgan fingerprint density at radius 2 is 1.76 bits per heavy atom. The smallest absolute Gasteiger partial charge is 0.228 e. The van der Waals surface area contributed by atoms with E-state index in [-0.39, 0.29) is 11.7 Å². The molecule has 0 atom stereocenters. The number of nitrogens with zero attached hydrogens (tertiary/aromatic N) is 3. The summed E-state index contributed by atoms with van der Waals surface area (Å²) in [5, 5.41) is 1.96. The van der Waals surface area contributed by atoms with Gasteiger partial charge in [-0.1, -0.05) is 42.1 Å². The number of hydrogen-bond acceptors (Lipinski definition) is 5. The van der Waals surface area contributed by atoms with Crippen LogP contribution < -0.4 is 4.90 Å². The second kappa shape index (κ2) is 9.41. The first-order valence-corrected chi connectivity index (χ1v) is 11.4. The van der Waals surface area contributed by atoms with E-state index >= 15 is 0 Å².